The second-order valence-corrected chi connectivity index (χ2v) is 6.80. The van der Waals surface area contributed by atoms with Gasteiger partial charge < -0.3 is 9.64 Å². The molecule has 1 aliphatic heterocycles. The van der Waals surface area contributed by atoms with Crippen molar-refractivity contribution < 1.29 is 9.53 Å². The maximum atomic E-state index is 11.6. The zero-order valence-corrected chi connectivity index (χ0v) is 14.0. The molecule has 2 heterocycles. The second-order valence-electron chi connectivity index (χ2n) is 6.80. The number of carbonyl (C=O) groups is 1. The Labute approximate surface area is 138 Å². The zero-order valence-electron chi connectivity index (χ0n) is 14.0. The van der Waals surface area contributed by atoms with Crippen LogP contribution in [0, 0.1) is 5.92 Å². The van der Waals surface area contributed by atoms with Crippen molar-refractivity contribution in [3.8, 4) is 0 Å². The lowest BCUT2D eigenvalue weighted by Crippen LogP contribution is -2.47. The molecule has 0 amide bonds. The van der Waals surface area contributed by atoms with Crippen LogP contribution < -0.4 is 0 Å². The number of hydrogen-bond acceptors (Lipinski definition) is 5. The molecule has 1 aliphatic carbocycles. The highest BCUT2D eigenvalue weighted by atomic mass is 16.5. The van der Waals surface area contributed by atoms with E-state index in [-0.39, 0.29) is 5.97 Å². The van der Waals surface area contributed by atoms with Gasteiger partial charge in [0.05, 0.1) is 12.7 Å². The van der Waals surface area contributed by atoms with E-state index in [4.69, 9.17) is 4.74 Å². The number of ether oxygens (including phenoxy) is 1. The number of nitrogens with zero attached hydrogens (tertiary/aromatic N) is 3. The van der Waals surface area contributed by atoms with E-state index < -0.39 is 0 Å². The molecule has 0 N–H and O–H groups in total. The maximum Gasteiger partial charge on any atom is 0.339 e. The van der Waals surface area contributed by atoms with Crippen LogP contribution in [0.15, 0.2) is 18.5 Å². The lowest BCUT2D eigenvalue weighted by Gasteiger charge is -2.36. The average molecular weight is 317 g/mol. The Hall–Kier alpha value is -1.46. The van der Waals surface area contributed by atoms with E-state index in [1.165, 1.54) is 39.3 Å². The fraction of sp³-hybridized carbons (Fsp3) is 0.667. The topological polar surface area (TPSA) is 45.7 Å². The van der Waals surface area contributed by atoms with Crippen LogP contribution in [0.2, 0.25) is 0 Å². The Bertz CT molecular complexity index is 521. The molecule has 2 aliphatic rings. The number of carbonyl (C=O) groups excluding carboxylic acids is 1. The molecule has 23 heavy (non-hydrogen) atoms. The van der Waals surface area contributed by atoms with Crippen molar-refractivity contribution in [2.24, 2.45) is 5.92 Å². The molecular formula is C18H27N3O2. The summed E-state index contributed by atoms with van der Waals surface area (Å²) in [5.41, 5.74) is 1.61. The van der Waals surface area contributed by atoms with Gasteiger partial charge in [-0.05, 0) is 30.4 Å². The Morgan fingerprint density at radius 3 is 2.57 bits per heavy atom. The van der Waals surface area contributed by atoms with Gasteiger partial charge in [-0.1, -0.05) is 12.8 Å². The van der Waals surface area contributed by atoms with Crippen LogP contribution >= 0.6 is 0 Å². The van der Waals surface area contributed by atoms with Crippen LogP contribution in [0.3, 0.4) is 0 Å². The minimum atomic E-state index is -0.319. The van der Waals surface area contributed by atoms with Crippen molar-refractivity contribution >= 4 is 5.97 Å². The quantitative estimate of drug-likeness (QED) is 0.779. The third-order valence-corrected chi connectivity index (χ3v) is 5.08. The number of aromatic nitrogens is 1. The standard InChI is InChI=1S/C18H27N3O2/c1-23-18(22)17-10-16(11-19-12-17)14-21-8-6-20(7-9-21)13-15-4-2-3-5-15/h10-12,15H,2-9,13-14H2,1H3. The van der Waals surface area contributed by atoms with Crippen molar-refractivity contribution in [3.05, 3.63) is 29.6 Å². The molecule has 1 saturated carbocycles. The first kappa shape index (κ1) is 16.4. The number of methoxy groups -OCH3 is 1. The first-order valence-corrected chi connectivity index (χ1v) is 8.71. The summed E-state index contributed by atoms with van der Waals surface area (Å²) in [6, 6.07) is 1.89. The van der Waals surface area contributed by atoms with Crippen molar-refractivity contribution in [1.29, 1.82) is 0 Å². The van der Waals surface area contributed by atoms with Gasteiger partial charge >= 0.3 is 5.97 Å². The number of piperazine rings is 1. The Kier molecular flexibility index (Phi) is 5.62. The molecule has 1 saturated heterocycles. The van der Waals surface area contributed by atoms with Gasteiger partial charge in [-0.15, -0.1) is 0 Å². The van der Waals surface area contributed by atoms with Gasteiger partial charge in [0.1, 0.15) is 0 Å². The molecule has 0 atom stereocenters. The first-order valence-electron chi connectivity index (χ1n) is 8.71. The maximum absolute atomic E-state index is 11.6. The number of pyridine rings is 1. The molecule has 1 aromatic rings. The molecule has 5 heteroatoms. The van der Waals surface area contributed by atoms with Crippen molar-refractivity contribution in [2.75, 3.05) is 39.8 Å². The fourth-order valence-corrected chi connectivity index (χ4v) is 3.75. The van der Waals surface area contributed by atoms with Crippen molar-refractivity contribution in [1.82, 2.24) is 14.8 Å². The zero-order chi connectivity index (χ0) is 16.1. The molecule has 126 valence electrons. The molecule has 0 spiro atoms. The monoisotopic (exact) mass is 317 g/mol. The van der Waals surface area contributed by atoms with Gasteiger partial charge in [-0.3, -0.25) is 9.88 Å². The van der Waals surface area contributed by atoms with E-state index in [9.17, 15) is 4.79 Å². The minimum absolute atomic E-state index is 0.319. The highest BCUT2D eigenvalue weighted by Gasteiger charge is 2.22. The predicted molar refractivity (Wildman–Crippen MR) is 89.3 cm³/mol. The summed E-state index contributed by atoms with van der Waals surface area (Å²) < 4.78 is 4.76. The largest absolute Gasteiger partial charge is 0.465 e. The molecule has 0 radical (unpaired) electrons. The smallest absolute Gasteiger partial charge is 0.339 e. The van der Waals surface area contributed by atoms with Gasteiger partial charge in [0.15, 0.2) is 0 Å². The van der Waals surface area contributed by atoms with Crippen molar-refractivity contribution in [2.45, 2.75) is 32.2 Å². The third kappa shape index (κ3) is 4.52. The van der Waals surface area contributed by atoms with Crippen LogP contribution in [0.1, 0.15) is 41.6 Å². The van der Waals surface area contributed by atoms with Crippen LogP contribution in [-0.4, -0.2) is 60.6 Å². The van der Waals surface area contributed by atoms with E-state index in [1.807, 2.05) is 12.3 Å². The number of hydrogen-bond donors (Lipinski definition) is 0. The summed E-state index contributed by atoms with van der Waals surface area (Å²) in [6.45, 7) is 6.63. The average Bonchev–Trinajstić information content (AvgIpc) is 3.09. The highest BCUT2D eigenvalue weighted by Crippen LogP contribution is 2.25. The summed E-state index contributed by atoms with van der Waals surface area (Å²) in [5.74, 6) is 0.614. The Balaban J connectivity index is 1.47. The molecule has 3 rings (SSSR count). The van der Waals surface area contributed by atoms with E-state index in [2.05, 4.69) is 14.8 Å². The van der Waals surface area contributed by atoms with Gasteiger partial charge in [0.25, 0.3) is 0 Å². The summed E-state index contributed by atoms with van der Waals surface area (Å²) in [5, 5.41) is 0. The number of esters is 1. The summed E-state index contributed by atoms with van der Waals surface area (Å²) in [6.07, 6.45) is 9.10. The molecule has 0 bridgehead atoms. The third-order valence-electron chi connectivity index (χ3n) is 5.08. The van der Waals surface area contributed by atoms with Crippen LogP contribution in [0.4, 0.5) is 0 Å². The molecule has 0 unspecified atom stereocenters. The van der Waals surface area contributed by atoms with E-state index in [0.29, 0.717) is 5.56 Å². The minimum Gasteiger partial charge on any atom is -0.465 e. The van der Waals surface area contributed by atoms with E-state index in [0.717, 1.165) is 44.2 Å². The van der Waals surface area contributed by atoms with Crippen molar-refractivity contribution in [3.63, 3.8) is 0 Å². The van der Waals surface area contributed by atoms with Crippen LogP contribution in [0.25, 0.3) is 0 Å². The Morgan fingerprint density at radius 1 is 1.17 bits per heavy atom. The van der Waals surface area contributed by atoms with Crippen LogP contribution in [-0.2, 0) is 11.3 Å². The summed E-state index contributed by atoms with van der Waals surface area (Å²) in [7, 11) is 1.40. The molecule has 0 aromatic carbocycles. The molecule has 2 fully saturated rings. The summed E-state index contributed by atoms with van der Waals surface area (Å²) in [4.78, 5) is 20.8. The SMILES string of the molecule is COC(=O)c1cncc(CN2CCN(CC3CCCC3)CC2)c1. The lowest BCUT2D eigenvalue weighted by molar-refractivity contribution is 0.0600. The number of rotatable bonds is 5. The molecular weight excluding hydrogens is 290 g/mol. The highest BCUT2D eigenvalue weighted by molar-refractivity contribution is 5.89. The van der Waals surface area contributed by atoms with Gasteiger partial charge in [0, 0.05) is 51.7 Å². The lowest BCUT2D eigenvalue weighted by atomic mass is 10.1. The van der Waals surface area contributed by atoms with Gasteiger partial charge in [-0.25, -0.2) is 4.79 Å². The molecule has 5 nitrogen and oxygen atoms in total. The fourth-order valence-electron chi connectivity index (χ4n) is 3.75. The Morgan fingerprint density at radius 2 is 1.87 bits per heavy atom. The van der Waals surface area contributed by atoms with Crippen LogP contribution in [0.5, 0.6) is 0 Å². The second kappa shape index (κ2) is 7.88. The van der Waals surface area contributed by atoms with E-state index in [1.54, 1.807) is 6.20 Å². The predicted octanol–water partition coefficient (Wildman–Crippen LogP) is 2.18. The van der Waals surface area contributed by atoms with E-state index >= 15 is 0 Å². The van der Waals surface area contributed by atoms with Gasteiger partial charge in [-0.2, -0.15) is 0 Å². The normalized spacial score (nSPS) is 20.7. The summed E-state index contributed by atoms with van der Waals surface area (Å²) >= 11 is 0. The van der Waals surface area contributed by atoms with Gasteiger partial charge in [0.2, 0.25) is 0 Å². The first-order chi connectivity index (χ1) is 11.2. The molecule has 1 aromatic heterocycles.